The predicted molar refractivity (Wildman–Crippen MR) is 93.9 cm³/mol. The molecule has 1 aromatic heterocycles. The summed E-state index contributed by atoms with van der Waals surface area (Å²) in [4.78, 5) is 11.2. The summed E-state index contributed by atoms with van der Waals surface area (Å²) in [5, 5.41) is 2.43. The molecule has 0 fully saturated rings. The molecule has 22 heavy (non-hydrogen) atoms. The maximum atomic E-state index is 11.2. The third-order valence-electron chi connectivity index (χ3n) is 3.88. The normalized spacial score (nSPS) is 11.1. The molecule has 0 spiro atoms. The van der Waals surface area contributed by atoms with Crippen molar-refractivity contribution in [1.82, 2.24) is 4.57 Å². The highest BCUT2D eigenvalue weighted by atomic mass is 79.9. The molecule has 0 aliphatic carbocycles. The van der Waals surface area contributed by atoms with E-state index < -0.39 is 0 Å². The van der Waals surface area contributed by atoms with Crippen LogP contribution in [-0.2, 0) is 0 Å². The van der Waals surface area contributed by atoms with Crippen LogP contribution in [0.25, 0.3) is 27.5 Å². The van der Waals surface area contributed by atoms with E-state index in [2.05, 4.69) is 56.9 Å². The van der Waals surface area contributed by atoms with E-state index in [0.717, 1.165) is 27.5 Å². The van der Waals surface area contributed by atoms with E-state index >= 15 is 0 Å². The minimum atomic E-state index is 0.659. The Kier molecular flexibility index (Phi) is 3.09. The van der Waals surface area contributed by atoms with E-state index in [1.807, 2.05) is 30.3 Å². The lowest BCUT2D eigenvalue weighted by Crippen LogP contribution is -1.95. The van der Waals surface area contributed by atoms with Gasteiger partial charge in [0.15, 0.2) is 0 Å². The van der Waals surface area contributed by atoms with Gasteiger partial charge in [-0.25, -0.2) is 0 Å². The summed E-state index contributed by atoms with van der Waals surface area (Å²) >= 11 is 3.50. The van der Waals surface area contributed by atoms with Gasteiger partial charge in [0.2, 0.25) is 0 Å². The molecule has 0 saturated heterocycles. The summed E-state index contributed by atoms with van der Waals surface area (Å²) in [5.41, 5.74) is 3.91. The van der Waals surface area contributed by atoms with Crippen LogP contribution in [0.3, 0.4) is 0 Å². The second-order valence-corrected chi connectivity index (χ2v) is 6.15. The number of aromatic nitrogens is 1. The molecule has 0 amide bonds. The molecular weight excluding hydrogens is 338 g/mol. The van der Waals surface area contributed by atoms with Gasteiger partial charge in [-0.15, -0.1) is 0 Å². The molecule has 1 heterocycles. The van der Waals surface area contributed by atoms with Crippen LogP contribution in [0.15, 0.2) is 71.2 Å². The largest absolute Gasteiger partial charge is 0.309 e. The summed E-state index contributed by atoms with van der Waals surface area (Å²) in [5.74, 6) is 0. The Morgan fingerprint density at radius 2 is 1.41 bits per heavy atom. The van der Waals surface area contributed by atoms with Crippen molar-refractivity contribution in [3.05, 3.63) is 76.8 Å². The lowest BCUT2D eigenvalue weighted by atomic mass is 10.2. The Hall–Kier alpha value is -2.39. The number of fused-ring (bicyclic) bond motifs is 3. The van der Waals surface area contributed by atoms with Crippen molar-refractivity contribution in [1.29, 1.82) is 0 Å². The van der Waals surface area contributed by atoms with Crippen molar-refractivity contribution in [3.63, 3.8) is 0 Å². The van der Waals surface area contributed by atoms with E-state index in [9.17, 15) is 4.79 Å². The third-order valence-corrected chi connectivity index (χ3v) is 4.34. The number of para-hydroxylation sites is 2. The molecule has 0 aliphatic rings. The number of halogens is 1. The van der Waals surface area contributed by atoms with Gasteiger partial charge in [-0.05, 0) is 30.3 Å². The van der Waals surface area contributed by atoms with Crippen LogP contribution in [0, 0.1) is 0 Å². The van der Waals surface area contributed by atoms with Crippen LogP contribution in [0.1, 0.15) is 10.4 Å². The van der Waals surface area contributed by atoms with Crippen molar-refractivity contribution in [2.75, 3.05) is 0 Å². The zero-order valence-corrected chi connectivity index (χ0v) is 13.2. The van der Waals surface area contributed by atoms with Crippen LogP contribution in [-0.4, -0.2) is 10.9 Å². The molecule has 3 aromatic carbocycles. The molecule has 0 N–H and O–H groups in total. The van der Waals surface area contributed by atoms with Crippen LogP contribution in [0.2, 0.25) is 0 Å². The number of benzene rings is 3. The number of nitrogens with zero attached hydrogens (tertiary/aromatic N) is 1. The first-order valence-electron chi connectivity index (χ1n) is 7.02. The summed E-state index contributed by atoms with van der Waals surface area (Å²) < 4.78 is 3.09. The molecule has 0 unspecified atom stereocenters. The average molecular weight is 350 g/mol. The number of aldehydes is 1. The van der Waals surface area contributed by atoms with Crippen molar-refractivity contribution >= 4 is 44.0 Å². The molecule has 0 aliphatic heterocycles. The Bertz CT molecular complexity index is 963. The van der Waals surface area contributed by atoms with Crippen molar-refractivity contribution in [2.24, 2.45) is 0 Å². The highest BCUT2D eigenvalue weighted by Gasteiger charge is 2.12. The van der Waals surface area contributed by atoms with E-state index in [0.29, 0.717) is 5.56 Å². The van der Waals surface area contributed by atoms with Gasteiger partial charge in [-0.2, -0.15) is 0 Å². The molecule has 0 atom stereocenters. The SMILES string of the molecule is O=Cc1cc(Br)cc(-n2c3ccccc3c3ccccc32)c1. The zero-order valence-electron chi connectivity index (χ0n) is 11.7. The molecule has 2 nitrogen and oxygen atoms in total. The van der Waals surface area contributed by atoms with E-state index in [1.165, 1.54) is 10.8 Å². The number of rotatable bonds is 2. The van der Waals surface area contributed by atoms with Crippen LogP contribution >= 0.6 is 15.9 Å². The standard InChI is InChI=1S/C19H12BrNO/c20-14-9-13(12-22)10-15(11-14)21-18-7-3-1-5-16(18)17-6-2-4-8-19(17)21/h1-12H. The third kappa shape index (κ3) is 1.97. The van der Waals surface area contributed by atoms with Crippen molar-refractivity contribution in [2.45, 2.75) is 0 Å². The number of carbonyl (C=O) groups excluding carboxylic acids is 1. The fraction of sp³-hybridized carbons (Fsp3) is 0. The fourth-order valence-corrected chi connectivity index (χ4v) is 3.49. The van der Waals surface area contributed by atoms with Gasteiger partial charge in [0.05, 0.1) is 11.0 Å². The Morgan fingerprint density at radius 3 is 2.00 bits per heavy atom. The average Bonchev–Trinajstić information content (AvgIpc) is 2.89. The Labute approximate surface area is 136 Å². The minimum absolute atomic E-state index is 0.659. The Morgan fingerprint density at radius 1 is 0.818 bits per heavy atom. The zero-order chi connectivity index (χ0) is 15.1. The minimum Gasteiger partial charge on any atom is -0.309 e. The van der Waals surface area contributed by atoms with E-state index in [1.54, 1.807) is 0 Å². The number of hydrogen-bond donors (Lipinski definition) is 0. The smallest absolute Gasteiger partial charge is 0.150 e. The quantitative estimate of drug-likeness (QED) is 0.446. The molecular formula is C19H12BrNO. The van der Waals surface area contributed by atoms with Crippen LogP contribution < -0.4 is 0 Å². The first-order valence-corrected chi connectivity index (χ1v) is 7.81. The summed E-state index contributed by atoms with van der Waals surface area (Å²) in [6, 6.07) is 22.4. The molecule has 4 rings (SSSR count). The van der Waals surface area contributed by atoms with Crippen molar-refractivity contribution in [3.8, 4) is 5.69 Å². The van der Waals surface area contributed by atoms with E-state index in [4.69, 9.17) is 0 Å². The lowest BCUT2D eigenvalue weighted by molar-refractivity contribution is 0.112. The summed E-state index contributed by atoms with van der Waals surface area (Å²) in [6.45, 7) is 0. The molecule has 0 radical (unpaired) electrons. The van der Waals surface area contributed by atoms with Gasteiger partial charge >= 0.3 is 0 Å². The van der Waals surface area contributed by atoms with Gasteiger partial charge in [-0.1, -0.05) is 52.3 Å². The van der Waals surface area contributed by atoms with Gasteiger partial charge in [0, 0.05) is 26.5 Å². The highest BCUT2D eigenvalue weighted by Crippen LogP contribution is 2.32. The topological polar surface area (TPSA) is 22.0 Å². The summed E-state index contributed by atoms with van der Waals surface area (Å²) in [6.07, 6.45) is 0.877. The maximum Gasteiger partial charge on any atom is 0.150 e. The predicted octanol–water partition coefficient (Wildman–Crippen LogP) is 5.36. The molecule has 0 bridgehead atoms. The summed E-state index contributed by atoms with van der Waals surface area (Å²) in [7, 11) is 0. The molecule has 106 valence electrons. The highest BCUT2D eigenvalue weighted by molar-refractivity contribution is 9.10. The van der Waals surface area contributed by atoms with Gasteiger partial charge < -0.3 is 4.57 Å². The first-order chi connectivity index (χ1) is 10.8. The van der Waals surface area contributed by atoms with Gasteiger partial charge in [0.25, 0.3) is 0 Å². The second-order valence-electron chi connectivity index (χ2n) is 5.23. The molecule has 3 heteroatoms. The lowest BCUT2D eigenvalue weighted by Gasteiger charge is -2.09. The van der Waals surface area contributed by atoms with E-state index in [-0.39, 0.29) is 0 Å². The van der Waals surface area contributed by atoms with Crippen LogP contribution in [0.5, 0.6) is 0 Å². The molecule has 4 aromatic rings. The molecule has 0 saturated carbocycles. The Balaban J connectivity index is 2.17. The number of hydrogen-bond acceptors (Lipinski definition) is 1. The van der Waals surface area contributed by atoms with Gasteiger partial charge in [-0.3, -0.25) is 4.79 Å². The monoisotopic (exact) mass is 349 g/mol. The van der Waals surface area contributed by atoms with Crippen molar-refractivity contribution < 1.29 is 4.79 Å². The fourth-order valence-electron chi connectivity index (χ4n) is 2.99. The number of carbonyl (C=O) groups is 1. The maximum absolute atomic E-state index is 11.2. The second kappa shape index (κ2) is 5.11. The first kappa shape index (κ1) is 13.3. The van der Waals surface area contributed by atoms with Gasteiger partial charge in [0.1, 0.15) is 6.29 Å². The van der Waals surface area contributed by atoms with Crippen LogP contribution in [0.4, 0.5) is 0 Å².